The first kappa shape index (κ1) is 10.1. The van der Waals surface area contributed by atoms with Gasteiger partial charge in [0.2, 0.25) is 0 Å². The lowest BCUT2D eigenvalue weighted by Crippen LogP contribution is -2.43. The molecule has 2 rings (SSSR count). The molecule has 0 aliphatic carbocycles. The summed E-state index contributed by atoms with van der Waals surface area (Å²) >= 11 is 1.68. The summed E-state index contributed by atoms with van der Waals surface area (Å²) in [6, 6.07) is 0. The van der Waals surface area contributed by atoms with Crippen molar-refractivity contribution in [1.29, 1.82) is 0 Å². The van der Waals surface area contributed by atoms with Crippen LogP contribution in [0.25, 0.3) is 0 Å². The van der Waals surface area contributed by atoms with Crippen LogP contribution in [0.3, 0.4) is 0 Å². The molecule has 78 valence electrons. The number of aromatic nitrogens is 1. The van der Waals surface area contributed by atoms with Gasteiger partial charge in [-0.25, -0.2) is 0 Å². The molecule has 1 aliphatic heterocycles. The Kier molecular flexibility index (Phi) is 3.15. The monoisotopic (exact) mass is 212 g/mol. The molecule has 1 aromatic rings. The van der Waals surface area contributed by atoms with Gasteiger partial charge in [-0.1, -0.05) is 0 Å². The van der Waals surface area contributed by atoms with Gasteiger partial charge in [-0.05, 0) is 25.8 Å². The van der Waals surface area contributed by atoms with Crippen molar-refractivity contribution in [1.82, 2.24) is 10.3 Å². The number of aliphatic hydroxyl groups excluding tert-OH is 1. The second kappa shape index (κ2) is 4.38. The van der Waals surface area contributed by atoms with Crippen LogP contribution >= 0.6 is 11.3 Å². The lowest BCUT2D eigenvalue weighted by atomic mass is 9.78. The smallest absolute Gasteiger partial charge is 0.0794 e. The molecule has 0 aromatic carbocycles. The average molecular weight is 212 g/mol. The largest absolute Gasteiger partial charge is 0.396 e. The van der Waals surface area contributed by atoms with E-state index >= 15 is 0 Å². The minimum Gasteiger partial charge on any atom is -0.396 e. The molecule has 1 unspecified atom stereocenters. The topological polar surface area (TPSA) is 45.2 Å². The van der Waals surface area contributed by atoms with Crippen LogP contribution in [-0.4, -0.2) is 29.8 Å². The van der Waals surface area contributed by atoms with E-state index in [1.54, 1.807) is 11.3 Å². The summed E-state index contributed by atoms with van der Waals surface area (Å²) in [6.07, 6.45) is 5.16. The van der Waals surface area contributed by atoms with Gasteiger partial charge in [0.15, 0.2) is 0 Å². The zero-order valence-corrected chi connectivity index (χ0v) is 9.02. The van der Waals surface area contributed by atoms with E-state index < -0.39 is 0 Å². The first-order valence-electron chi connectivity index (χ1n) is 5.04. The van der Waals surface area contributed by atoms with E-state index in [0.717, 1.165) is 25.9 Å². The van der Waals surface area contributed by atoms with Crippen LogP contribution in [0.5, 0.6) is 0 Å². The average Bonchev–Trinajstić information content (AvgIpc) is 2.72. The standard InChI is InChI=1S/C10H16N2OS/c13-7-10(2-1-3-11-6-10)4-9-5-12-8-14-9/h5,8,11,13H,1-4,6-7H2. The molecule has 2 N–H and O–H groups in total. The van der Waals surface area contributed by atoms with Crippen molar-refractivity contribution in [2.75, 3.05) is 19.7 Å². The van der Waals surface area contributed by atoms with Gasteiger partial charge in [0.25, 0.3) is 0 Å². The van der Waals surface area contributed by atoms with Crippen LogP contribution < -0.4 is 5.32 Å². The Morgan fingerprint density at radius 1 is 1.64 bits per heavy atom. The Balaban J connectivity index is 2.04. The van der Waals surface area contributed by atoms with Crippen LogP contribution in [-0.2, 0) is 6.42 Å². The molecule has 0 saturated carbocycles. The zero-order valence-electron chi connectivity index (χ0n) is 8.20. The third kappa shape index (κ3) is 2.13. The normalized spacial score (nSPS) is 27.8. The first-order valence-corrected chi connectivity index (χ1v) is 5.92. The lowest BCUT2D eigenvalue weighted by molar-refractivity contribution is 0.0955. The third-order valence-electron chi connectivity index (χ3n) is 2.93. The molecule has 1 aromatic heterocycles. The molecular weight excluding hydrogens is 196 g/mol. The van der Waals surface area contributed by atoms with Crippen LogP contribution in [0.2, 0.25) is 0 Å². The molecule has 14 heavy (non-hydrogen) atoms. The predicted molar refractivity (Wildman–Crippen MR) is 57.4 cm³/mol. The summed E-state index contributed by atoms with van der Waals surface area (Å²) < 4.78 is 0. The SMILES string of the molecule is OCC1(Cc2cncs2)CCCNC1. The number of hydrogen-bond acceptors (Lipinski definition) is 4. The van der Waals surface area contributed by atoms with Crippen molar-refractivity contribution in [2.45, 2.75) is 19.3 Å². The number of thiazole rings is 1. The summed E-state index contributed by atoms with van der Waals surface area (Å²) in [4.78, 5) is 5.35. The zero-order chi connectivity index (χ0) is 9.86. The minimum absolute atomic E-state index is 0.0603. The Labute approximate surface area is 88.2 Å². The molecule has 2 heterocycles. The first-order chi connectivity index (χ1) is 6.85. The fraction of sp³-hybridized carbons (Fsp3) is 0.700. The van der Waals surface area contributed by atoms with Crippen LogP contribution in [0.15, 0.2) is 11.7 Å². The Hall–Kier alpha value is -0.450. The summed E-state index contributed by atoms with van der Waals surface area (Å²) in [6.45, 7) is 2.30. The number of nitrogens with one attached hydrogen (secondary N) is 1. The molecule has 1 fully saturated rings. The van der Waals surface area contributed by atoms with Crippen molar-refractivity contribution >= 4 is 11.3 Å². The van der Waals surface area contributed by atoms with Crippen molar-refractivity contribution in [2.24, 2.45) is 5.41 Å². The van der Waals surface area contributed by atoms with Gasteiger partial charge >= 0.3 is 0 Å². The number of hydrogen-bond donors (Lipinski definition) is 2. The molecular formula is C10H16N2OS. The maximum Gasteiger partial charge on any atom is 0.0794 e. The van der Waals surface area contributed by atoms with Gasteiger partial charge in [0.1, 0.15) is 0 Å². The maximum absolute atomic E-state index is 9.48. The number of nitrogens with zero attached hydrogens (tertiary/aromatic N) is 1. The van der Waals surface area contributed by atoms with Gasteiger partial charge in [0.05, 0.1) is 12.1 Å². The third-order valence-corrected chi connectivity index (χ3v) is 3.71. The highest BCUT2D eigenvalue weighted by atomic mass is 32.1. The summed E-state index contributed by atoms with van der Waals surface area (Å²) in [7, 11) is 0. The van der Waals surface area contributed by atoms with E-state index in [-0.39, 0.29) is 12.0 Å². The fourth-order valence-corrected chi connectivity index (χ4v) is 2.84. The number of piperidine rings is 1. The summed E-state index contributed by atoms with van der Waals surface area (Å²) in [5, 5.41) is 12.8. The Morgan fingerprint density at radius 3 is 3.14 bits per heavy atom. The van der Waals surface area contributed by atoms with Gasteiger partial charge in [0, 0.05) is 23.0 Å². The van der Waals surface area contributed by atoms with Gasteiger partial charge in [-0.2, -0.15) is 0 Å². The molecule has 0 spiro atoms. The van der Waals surface area contributed by atoms with Crippen molar-refractivity contribution in [3.05, 3.63) is 16.6 Å². The van der Waals surface area contributed by atoms with Crippen LogP contribution in [0.4, 0.5) is 0 Å². The molecule has 1 aliphatic rings. The second-order valence-electron chi connectivity index (χ2n) is 4.08. The Bertz CT molecular complexity index is 268. The van der Waals surface area contributed by atoms with Gasteiger partial charge in [-0.15, -0.1) is 11.3 Å². The minimum atomic E-state index is 0.0603. The van der Waals surface area contributed by atoms with Crippen molar-refractivity contribution in [3.63, 3.8) is 0 Å². The van der Waals surface area contributed by atoms with E-state index in [1.165, 1.54) is 11.3 Å². The van der Waals surface area contributed by atoms with Crippen molar-refractivity contribution in [3.8, 4) is 0 Å². The predicted octanol–water partition coefficient (Wildman–Crippen LogP) is 1.05. The van der Waals surface area contributed by atoms with Crippen LogP contribution in [0.1, 0.15) is 17.7 Å². The highest BCUT2D eigenvalue weighted by molar-refractivity contribution is 7.09. The molecule has 0 bridgehead atoms. The Morgan fingerprint density at radius 2 is 2.57 bits per heavy atom. The maximum atomic E-state index is 9.48. The summed E-state index contributed by atoms with van der Waals surface area (Å²) in [5.74, 6) is 0. The molecule has 4 heteroatoms. The molecule has 1 saturated heterocycles. The summed E-state index contributed by atoms with van der Waals surface area (Å²) in [5.41, 5.74) is 1.92. The molecule has 0 radical (unpaired) electrons. The fourth-order valence-electron chi connectivity index (χ4n) is 2.07. The molecule has 0 amide bonds. The molecule has 1 atom stereocenters. The quantitative estimate of drug-likeness (QED) is 0.787. The van der Waals surface area contributed by atoms with E-state index in [1.807, 2.05) is 11.7 Å². The number of aliphatic hydroxyl groups is 1. The second-order valence-corrected chi connectivity index (χ2v) is 5.05. The molecule has 3 nitrogen and oxygen atoms in total. The lowest BCUT2D eigenvalue weighted by Gasteiger charge is -2.35. The van der Waals surface area contributed by atoms with E-state index in [2.05, 4.69) is 10.3 Å². The van der Waals surface area contributed by atoms with Gasteiger partial charge in [-0.3, -0.25) is 4.98 Å². The van der Waals surface area contributed by atoms with E-state index in [4.69, 9.17) is 0 Å². The van der Waals surface area contributed by atoms with Gasteiger partial charge < -0.3 is 10.4 Å². The van der Waals surface area contributed by atoms with Crippen molar-refractivity contribution < 1.29 is 5.11 Å². The number of rotatable bonds is 3. The highest BCUT2D eigenvalue weighted by Gasteiger charge is 2.31. The van der Waals surface area contributed by atoms with E-state index in [9.17, 15) is 5.11 Å². The van der Waals surface area contributed by atoms with E-state index in [0.29, 0.717) is 0 Å². The highest BCUT2D eigenvalue weighted by Crippen LogP contribution is 2.30. The van der Waals surface area contributed by atoms with Crippen LogP contribution in [0, 0.1) is 5.41 Å².